The molecule has 0 spiro atoms. The molecule has 0 saturated heterocycles. The van der Waals surface area contributed by atoms with Crippen molar-refractivity contribution in [2.45, 2.75) is 5.16 Å². The number of hydrogen-bond donors (Lipinski definition) is 0. The minimum absolute atomic E-state index is 0.0426. The van der Waals surface area contributed by atoms with Gasteiger partial charge in [0.25, 0.3) is 0 Å². The Morgan fingerprint density at radius 2 is 2.09 bits per heavy atom. The molecule has 2 aromatic heterocycles. The zero-order chi connectivity index (χ0) is 15.6. The summed E-state index contributed by atoms with van der Waals surface area (Å²) in [5, 5.41) is 0.493. The largest absolute Gasteiger partial charge is 0.452 e. The van der Waals surface area contributed by atoms with Gasteiger partial charge in [-0.1, -0.05) is 29.7 Å². The Morgan fingerprint density at radius 1 is 1.18 bits per heavy atom. The van der Waals surface area contributed by atoms with Crippen molar-refractivity contribution in [2.75, 3.05) is 18.2 Å². The smallest absolute Gasteiger partial charge is 0.317 e. The van der Waals surface area contributed by atoms with Crippen molar-refractivity contribution < 1.29 is 9.53 Å². The lowest BCUT2D eigenvalue weighted by atomic mass is 10.3. The van der Waals surface area contributed by atoms with Gasteiger partial charge in [-0.3, -0.25) is 9.78 Å². The SMILES string of the molecule is O=C(CSc1nccc(-c2ccccn2)n1)OCC#CCCl. The number of hydrogen-bond acceptors (Lipinski definition) is 6. The molecule has 2 rings (SSSR count). The predicted octanol–water partition coefficient (Wildman–Crippen LogP) is 2.42. The fourth-order valence-electron chi connectivity index (χ4n) is 1.45. The molecule has 0 amide bonds. The van der Waals surface area contributed by atoms with Crippen molar-refractivity contribution >= 4 is 29.3 Å². The number of thioether (sulfide) groups is 1. The van der Waals surface area contributed by atoms with Crippen LogP contribution in [-0.4, -0.2) is 39.2 Å². The molecule has 2 aromatic rings. The van der Waals surface area contributed by atoms with Gasteiger partial charge < -0.3 is 4.74 Å². The van der Waals surface area contributed by atoms with Gasteiger partial charge in [0.1, 0.15) is 0 Å². The molecular formula is C15H12ClN3O2S. The van der Waals surface area contributed by atoms with E-state index in [0.29, 0.717) is 10.9 Å². The zero-order valence-corrected chi connectivity index (χ0v) is 13.1. The molecule has 0 bridgehead atoms. The third-order valence-electron chi connectivity index (χ3n) is 2.38. The number of rotatable bonds is 5. The Kier molecular flexibility index (Phi) is 6.68. The second-order valence-electron chi connectivity index (χ2n) is 3.88. The number of alkyl halides is 1. The van der Waals surface area contributed by atoms with Crippen molar-refractivity contribution in [3.8, 4) is 23.2 Å². The van der Waals surface area contributed by atoms with Crippen molar-refractivity contribution in [2.24, 2.45) is 0 Å². The van der Waals surface area contributed by atoms with E-state index in [1.54, 1.807) is 18.5 Å². The first-order chi connectivity index (χ1) is 10.8. The monoisotopic (exact) mass is 333 g/mol. The Bertz CT molecular complexity index is 686. The number of carbonyl (C=O) groups excluding carboxylic acids is 1. The van der Waals surface area contributed by atoms with Crippen molar-refractivity contribution in [1.82, 2.24) is 15.0 Å². The number of esters is 1. The van der Waals surface area contributed by atoms with Crippen LogP contribution < -0.4 is 0 Å². The fraction of sp³-hybridized carbons (Fsp3) is 0.200. The molecule has 22 heavy (non-hydrogen) atoms. The van der Waals surface area contributed by atoms with E-state index in [0.717, 1.165) is 5.69 Å². The van der Waals surface area contributed by atoms with E-state index < -0.39 is 0 Å². The molecule has 0 N–H and O–H groups in total. The van der Waals surface area contributed by atoms with E-state index in [-0.39, 0.29) is 24.2 Å². The van der Waals surface area contributed by atoms with Crippen molar-refractivity contribution in [3.63, 3.8) is 0 Å². The third kappa shape index (κ3) is 5.35. The normalized spacial score (nSPS) is 9.68. The Morgan fingerprint density at radius 3 is 2.86 bits per heavy atom. The van der Waals surface area contributed by atoms with Gasteiger partial charge in [0.15, 0.2) is 11.8 Å². The van der Waals surface area contributed by atoms with E-state index >= 15 is 0 Å². The van der Waals surface area contributed by atoms with Gasteiger partial charge in [-0.05, 0) is 18.2 Å². The summed E-state index contributed by atoms with van der Waals surface area (Å²) < 4.78 is 4.92. The summed E-state index contributed by atoms with van der Waals surface area (Å²) in [5.74, 6) is 5.19. The summed E-state index contributed by atoms with van der Waals surface area (Å²) >= 11 is 6.59. The maximum Gasteiger partial charge on any atom is 0.317 e. The molecule has 0 aliphatic rings. The zero-order valence-electron chi connectivity index (χ0n) is 11.5. The lowest BCUT2D eigenvalue weighted by Gasteiger charge is -2.03. The molecule has 2 heterocycles. The van der Waals surface area contributed by atoms with Crippen LogP contribution in [0.1, 0.15) is 0 Å². The minimum Gasteiger partial charge on any atom is -0.452 e. The highest BCUT2D eigenvalue weighted by molar-refractivity contribution is 7.99. The minimum atomic E-state index is -0.374. The average Bonchev–Trinajstić information content (AvgIpc) is 2.58. The summed E-state index contributed by atoms with van der Waals surface area (Å²) in [5.41, 5.74) is 1.46. The van der Waals surface area contributed by atoms with Crippen LogP contribution in [0.4, 0.5) is 0 Å². The Hall–Kier alpha value is -2.10. The summed E-state index contributed by atoms with van der Waals surface area (Å²) in [6, 6.07) is 7.35. The highest BCUT2D eigenvalue weighted by atomic mass is 35.5. The van der Waals surface area contributed by atoms with Gasteiger partial charge in [0.05, 0.1) is 23.0 Å². The standard InChI is InChI=1S/C15H12ClN3O2S/c16-7-2-4-10-21-14(20)11-22-15-18-9-6-13(19-15)12-5-1-3-8-17-12/h1,3,5-6,8-9H,7,10-11H2. The van der Waals surface area contributed by atoms with Gasteiger partial charge in [0, 0.05) is 12.4 Å². The maximum atomic E-state index is 11.5. The van der Waals surface area contributed by atoms with Crippen LogP contribution in [-0.2, 0) is 9.53 Å². The molecule has 0 aliphatic carbocycles. The first kappa shape index (κ1) is 16.3. The van der Waals surface area contributed by atoms with Gasteiger partial charge in [0.2, 0.25) is 0 Å². The molecule has 112 valence electrons. The molecule has 7 heteroatoms. The van der Waals surface area contributed by atoms with Crippen LogP contribution in [0.25, 0.3) is 11.4 Å². The quantitative estimate of drug-likeness (QED) is 0.275. The van der Waals surface area contributed by atoms with Crippen LogP contribution in [0.5, 0.6) is 0 Å². The topological polar surface area (TPSA) is 65.0 Å². The molecule has 0 atom stereocenters. The first-order valence-corrected chi connectivity index (χ1v) is 7.86. The number of carbonyl (C=O) groups is 1. The van der Waals surface area contributed by atoms with Crippen LogP contribution in [0, 0.1) is 11.8 Å². The molecule has 0 aromatic carbocycles. The van der Waals surface area contributed by atoms with E-state index in [2.05, 4.69) is 26.8 Å². The third-order valence-corrected chi connectivity index (χ3v) is 3.35. The number of pyridine rings is 1. The van der Waals surface area contributed by atoms with Crippen LogP contribution in [0.3, 0.4) is 0 Å². The van der Waals surface area contributed by atoms with Gasteiger partial charge in [-0.15, -0.1) is 11.6 Å². The van der Waals surface area contributed by atoms with E-state index in [1.165, 1.54) is 11.8 Å². The number of aromatic nitrogens is 3. The molecule has 0 radical (unpaired) electrons. The van der Waals surface area contributed by atoms with E-state index in [4.69, 9.17) is 16.3 Å². The Balaban J connectivity index is 1.90. The van der Waals surface area contributed by atoms with Crippen LogP contribution >= 0.6 is 23.4 Å². The van der Waals surface area contributed by atoms with Crippen LogP contribution in [0.15, 0.2) is 41.8 Å². The Labute approximate surface area is 137 Å². The number of nitrogens with zero attached hydrogens (tertiary/aromatic N) is 3. The number of halogens is 1. The number of ether oxygens (including phenoxy) is 1. The lowest BCUT2D eigenvalue weighted by Crippen LogP contribution is -2.08. The van der Waals surface area contributed by atoms with Gasteiger partial charge >= 0.3 is 5.97 Å². The van der Waals surface area contributed by atoms with E-state index in [1.807, 2.05) is 18.2 Å². The first-order valence-electron chi connectivity index (χ1n) is 6.34. The van der Waals surface area contributed by atoms with Gasteiger partial charge in [-0.25, -0.2) is 9.97 Å². The summed E-state index contributed by atoms with van der Waals surface area (Å²) in [6.07, 6.45) is 3.33. The average molecular weight is 334 g/mol. The second-order valence-corrected chi connectivity index (χ2v) is 5.09. The lowest BCUT2D eigenvalue weighted by molar-refractivity contribution is -0.138. The van der Waals surface area contributed by atoms with Gasteiger partial charge in [-0.2, -0.15) is 0 Å². The van der Waals surface area contributed by atoms with Crippen molar-refractivity contribution in [1.29, 1.82) is 0 Å². The molecule has 0 fully saturated rings. The molecule has 5 nitrogen and oxygen atoms in total. The highest BCUT2D eigenvalue weighted by Gasteiger charge is 2.07. The second kappa shape index (κ2) is 9.03. The molecule has 0 unspecified atom stereocenters. The molecule has 0 aliphatic heterocycles. The van der Waals surface area contributed by atoms with Crippen molar-refractivity contribution in [3.05, 3.63) is 36.7 Å². The summed E-state index contributed by atoms with van der Waals surface area (Å²) in [7, 11) is 0. The summed E-state index contributed by atoms with van der Waals surface area (Å²) in [4.78, 5) is 24.2. The highest BCUT2D eigenvalue weighted by Crippen LogP contribution is 2.18. The predicted molar refractivity (Wildman–Crippen MR) is 85.4 cm³/mol. The fourth-order valence-corrected chi connectivity index (χ4v) is 2.17. The molecular weight excluding hydrogens is 322 g/mol. The molecule has 0 saturated carbocycles. The van der Waals surface area contributed by atoms with E-state index in [9.17, 15) is 4.79 Å². The van der Waals surface area contributed by atoms with Crippen LogP contribution in [0.2, 0.25) is 0 Å². The maximum absolute atomic E-state index is 11.5. The summed E-state index contributed by atoms with van der Waals surface area (Å²) in [6.45, 7) is 0.0426.